The summed E-state index contributed by atoms with van der Waals surface area (Å²) in [5, 5.41) is 4.99. The fourth-order valence-electron chi connectivity index (χ4n) is 8.35. The van der Waals surface area contributed by atoms with Crippen LogP contribution in [0.2, 0.25) is 0 Å². The van der Waals surface area contributed by atoms with E-state index < -0.39 is 0 Å². The Morgan fingerprint density at radius 1 is 1.02 bits per heavy atom. The van der Waals surface area contributed by atoms with E-state index in [1.807, 2.05) is 18.2 Å². The number of aromatic nitrogens is 1. The lowest BCUT2D eigenvalue weighted by molar-refractivity contribution is 0.0695. The number of carbonyl (C=O) groups excluding carboxylic acids is 2. The molecule has 7 heteroatoms. The van der Waals surface area contributed by atoms with Crippen LogP contribution in [0.4, 0.5) is 0 Å². The molecule has 4 aliphatic rings. The lowest BCUT2D eigenvalue weighted by Crippen LogP contribution is -2.38. The molecule has 2 amide bonds. The van der Waals surface area contributed by atoms with Crippen molar-refractivity contribution < 1.29 is 18.7 Å². The van der Waals surface area contributed by atoms with E-state index in [-0.39, 0.29) is 11.8 Å². The number of rotatable bonds is 6. The number of methoxy groups -OCH3 is 1. The molecule has 2 aliphatic heterocycles. The van der Waals surface area contributed by atoms with Crippen molar-refractivity contribution in [2.45, 2.75) is 58.7 Å². The van der Waals surface area contributed by atoms with Gasteiger partial charge in [0.05, 0.1) is 18.2 Å². The third-order valence-electron chi connectivity index (χ3n) is 11.1. The number of fused-ring (bicyclic) bond motifs is 5. The number of furan rings is 1. The Balaban J connectivity index is 1.15. The van der Waals surface area contributed by atoms with Crippen LogP contribution in [0.3, 0.4) is 0 Å². The van der Waals surface area contributed by atoms with Gasteiger partial charge in [-0.15, -0.1) is 0 Å². The van der Waals surface area contributed by atoms with Crippen molar-refractivity contribution in [3.05, 3.63) is 76.9 Å². The van der Waals surface area contributed by atoms with Crippen molar-refractivity contribution in [3.63, 3.8) is 0 Å². The smallest absolute Gasteiger partial charge is 0.254 e. The fraction of sp³-hybridized carbons (Fsp3) is 0.368. The predicted molar refractivity (Wildman–Crippen MR) is 174 cm³/mol. The van der Waals surface area contributed by atoms with Crippen LogP contribution >= 0.6 is 0 Å². The van der Waals surface area contributed by atoms with Gasteiger partial charge < -0.3 is 23.9 Å². The first-order valence-electron chi connectivity index (χ1n) is 16.3. The highest BCUT2D eigenvalue weighted by atomic mass is 16.5. The zero-order chi connectivity index (χ0) is 30.6. The Morgan fingerprint density at radius 2 is 1.84 bits per heavy atom. The second-order valence-corrected chi connectivity index (χ2v) is 13.7. The lowest BCUT2D eigenvalue weighted by atomic mass is 9.99. The van der Waals surface area contributed by atoms with Crippen molar-refractivity contribution in [1.82, 2.24) is 14.8 Å². The topological polar surface area (TPSA) is 76.7 Å². The van der Waals surface area contributed by atoms with Crippen LogP contribution in [0.1, 0.15) is 64.4 Å². The van der Waals surface area contributed by atoms with Crippen LogP contribution in [-0.4, -0.2) is 41.0 Å². The van der Waals surface area contributed by atoms with Gasteiger partial charge in [0, 0.05) is 53.3 Å². The maximum absolute atomic E-state index is 13.8. The summed E-state index contributed by atoms with van der Waals surface area (Å²) in [5.74, 6) is 3.38. The molecular formula is C38H37N3O4. The van der Waals surface area contributed by atoms with Gasteiger partial charge in [-0.3, -0.25) is 9.59 Å². The Morgan fingerprint density at radius 3 is 2.60 bits per heavy atom. The Hall–Kier alpha value is -4.52. The van der Waals surface area contributed by atoms with Crippen molar-refractivity contribution in [2.75, 3.05) is 13.7 Å². The number of nitrogens with one attached hydrogen (secondary N) is 1. The van der Waals surface area contributed by atoms with Crippen LogP contribution in [0.15, 0.2) is 59.0 Å². The highest BCUT2D eigenvalue weighted by Crippen LogP contribution is 2.45. The molecule has 3 atom stereocenters. The van der Waals surface area contributed by atoms with E-state index in [0.717, 1.165) is 75.1 Å². The molecule has 1 saturated heterocycles. The number of nitrogens with zero attached hydrogens (tertiary/aromatic N) is 2. The van der Waals surface area contributed by atoms with Gasteiger partial charge in [-0.05, 0) is 97.4 Å². The Bertz CT molecular complexity index is 2060. The van der Waals surface area contributed by atoms with Crippen molar-refractivity contribution in [3.8, 4) is 28.3 Å². The number of ether oxygens (including phenoxy) is 1. The molecule has 3 unspecified atom stereocenters. The third kappa shape index (κ3) is 4.09. The molecule has 5 aromatic rings. The fourth-order valence-corrected chi connectivity index (χ4v) is 8.35. The largest absolute Gasteiger partial charge is 0.496 e. The molecule has 2 aliphatic carbocycles. The van der Waals surface area contributed by atoms with Crippen molar-refractivity contribution >= 4 is 33.7 Å². The molecule has 2 bridgehead atoms. The van der Waals surface area contributed by atoms with E-state index in [4.69, 9.17) is 9.15 Å². The van der Waals surface area contributed by atoms with Crippen LogP contribution < -0.4 is 10.1 Å². The average Bonchev–Trinajstić information content (AvgIpc) is 3.26. The first-order chi connectivity index (χ1) is 21.9. The molecule has 4 heterocycles. The molecule has 45 heavy (non-hydrogen) atoms. The maximum atomic E-state index is 13.8. The summed E-state index contributed by atoms with van der Waals surface area (Å²) in [5.41, 5.74) is 8.45. The summed E-state index contributed by atoms with van der Waals surface area (Å²) in [4.78, 5) is 28.2. The van der Waals surface area contributed by atoms with Gasteiger partial charge in [0.25, 0.3) is 11.8 Å². The predicted octanol–water partition coefficient (Wildman–Crippen LogP) is 7.56. The average molecular weight is 600 g/mol. The van der Waals surface area contributed by atoms with Crippen molar-refractivity contribution in [2.24, 2.45) is 17.8 Å². The molecule has 3 fully saturated rings. The van der Waals surface area contributed by atoms with Gasteiger partial charge in [-0.25, -0.2) is 0 Å². The van der Waals surface area contributed by atoms with Crippen LogP contribution in [-0.2, 0) is 13.1 Å². The number of carbonyl (C=O) groups is 2. The summed E-state index contributed by atoms with van der Waals surface area (Å²) in [6.45, 7) is 6.73. The first kappa shape index (κ1) is 26.8. The van der Waals surface area contributed by atoms with Crippen LogP contribution in [0.5, 0.6) is 5.75 Å². The molecule has 2 saturated carbocycles. The molecule has 0 radical (unpaired) electrons. The zero-order valence-electron chi connectivity index (χ0n) is 26.0. The minimum absolute atomic E-state index is 0.00445. The summed E-state index contributed by atoms with van der Waals surface area (Å²) in [6, 6.07) is 19.1. The lowest BCUT2D eigenvalue weighted by Gasteiger charge is -2.27. The standard InChI is InChI=1S/C38H37N3O4/c1-20-27-10-11-30(20)41(19-27)38(43)28-15-33(44-3)35-21(2)36(45-34(35)16-28)32-14-25-8-6-24(13-31(25)40(32)18-22-4-5-22)23-7-9-26-17-39-37(42)29(26)12-23/h6-9,12-16,20,22,27,30H,4-5,10-11,17-19H2,1-3H3,(H,39,42). The van der Waals surface area contributed by atoms with Gasteiger partial charge in [0.1, 0.15) is 11.3 Å². The van der Waals surface area contributed by atoms with Gasteiger partial charge >= 0.3 is 0 Å². The molecule has 3 aromatic carbocycles. The van der Waals surface area contributed by atoms with E-state index in [1.165, 1.54) is 19.3 Å². The number of aryl methyl sites for hydroxylation is 1. The molecule has 1 N–H and O–H groups in total. The summed E-state index contributed by atoms with van der Waals surface area (Å²) in [6.07, 6.45) is 4.78. The number of hydrogen-bond acceptors (Lipinski definition) is 4. The van der Waals surface area contributed by atoms with E-state index in [0.29, 0.717) is 47.2 Å². The first-order valence-corrected chi connectivity index (χ1v) is 16.3. The number of hydrogen-bond donors (Lipinski definition) is 1. The number of likely N-dealkylation sites (tertiary alicyclic amines) is 1. The highest BCUT2D eigenvalue weighted by Gasteiger charge is 2.46. The van der Waals surface area contributed by atoms with E-state index >= 15 is 0 Å². The number of benzene rings is 3. The monoisotopic (exact) mass is 599 g/mol. The molecular weight excluding hydrogens is 562 g/mol. The van der Waals surface area contributed by atoms with Crippen molar-refractivity contribution in [1.29, 1.82) is 0 Å². The second kappa shape index (κ2) is 9.74. The van der Waals surface area contributed by atoms with Gasteiger partial charge in [0.2, 0.25) is 0 Å². The molecule has 7 nitrogen and oxygen atoms in total. The quantitative estimate of drug-likeness (QED) is 0.219. The van der Waals surface area contributed by atoms with E-state index in [9.17, 15) is 9.59 Å². The molecule has 9 rings (SSSR count). The van der Waals surface area contributed by atoms with Gasteiger partial charge in [0.15, 0.2) is 5.76 Å². The molecule has 2 aromatic heterocycles. The van der Waals surface area contributed by atoms with Crippen LogP contribution in [0, 0.1) is 24.7 Å². The van der Waals surface area contributed by atoms with Gasteiger partial charge in [-0.1, -0.05) is 31.2 Å². The Kier molecular flexibility index (Phi) is 5.81. The van der Waals surface area contributed by atoms with Crippen LogP contribution in [0.25, 0.3) is 44.5 Å². The minimum atomic E-state index is -0.00445. The minimum Gasteiger partial charge on any atom is -0.496 e. The van der Waals surface area contributed by atoms with Gasteiger partial charge in [-0.2, -0.15) is 0 Å². The van der Waals surface area contributed by atoms with E-state index in [1.54, 1.807) is 7.11 Å². The zero-order valence-corrected chi connectivity index (χ0v) is 26.0. The highest BCUT2D eigenvalue weighted by molar-refractivity contribution is 6.03. The third-order valence-corrected chi connectivity index (χ3v) is 11.1. The normalized spacial score (nSPS) is 22.1. The molecule has 228 valence electrons. The Labute approximate surface area is 262 Å². The van der Waals surface area contributed by atoms with E-state index in [2.05, 4.69) is 65.0 Å². The number of amides is 2. The summed E-state index contributed by atoms with van der Waals surface area (Å²) in [7, 11) is 1.67. The maximum Gasteiger partial charge on any atom is 0.254 e. The summed E-state index contributed by atoms with van der Waals surface area (Å²) < 4.78 is 15.0. The second-order valence-electron chi connectivity index (χ2n) is 13.7. The molecule has 0 spiro atoms. The SMILES string of the molecule is COc1cc(C(=O)N2CC3CCC2C3C)cc2oc(-c3cc4ccc(-c5ccc6c(c5)C(=O)NC6)cc4n3CC3CC3)c(C)c12. The summed E-state index contributed by atoms with van der Waals surface area (Å²) >= 11 is 0. The number of piperidine rings is 1.